The number of carboxylic acids is 1. The molecule has 3 heterocycles. The number of nitrogens with one attached hydrogen (secondary N) is 1. The number of carbonyl (C=O) groups excluding carboxylic acids is 2. The van der Waals surface area contributed by atoms with Gasteiger partial charge in [-0.05, 0) is 11.4 Å². The van der Waals surface area contributed by atoms with Crippen molar-refractivity contribution in [3.8, 4) is 0 Å². The molecular weight excluding hydrogens is 404 g/mol. The molecule has 2 aliphatic heterocycles. The predicted molar refractivity (Wildman–Crippen MR) is 93.6 cm³/mol. The van der Waals surface area contributed by atoms with Gasteiger partial charge in [-0.15, -0.1) is 23.1 Å². The van der Waals surface area contributed by atoms with Crippen molar-refractivity contribution in [2.75, 3.05) is 12.0 Å². The summed E-state index contributed by atoms with van der Waals surface area (Å²) in [7, 11) is -3.93. The van der Waals surface area contributed by atoms with Gasteiger partial charge < -0.3 is 14.6 Å². The van der Waals surface area contributed by atoms with E-state index in [2.05, 4.69) is 5.32 Å². The van der Waals surface area contributed by atoms with Gasteiger partial charge >= 0.3 is 16.1 Å². The standard InChI is InChI=1S/C14H14N2O7S3/c1-26(21,22)23-8-6-25-13-10(12(18)16(13)11(8)14(19)20)15-9(17)5-7-3-2-4-24-7/h2-4,10,13H,5-6H2,1H3,(H,15,17)(H,19,20)/t10?,13-/m1/s1. The zero-order valence-corrected chi connectivity index (χ0v) is 15.8. The largest absolute Gasteiger partial charge is 0.476 e. The average molecular weight is 418 g/mol. The summed E-state index contributed by atoms with van der Waals surface area (Å²) in [6, 6.07) is 2.75. The summed E-state index contributed by atoms with van der Waals surface area (Å²) in [5, 5.41) is 13.2. The van der Waals surface area contributed by atoms with Crippen LogP contribution in [0.4, 0.5) is 0 Å². The first kappa shape index (κ1) is 18.7. The van der Waals surface area contributed by atoms with E-state index < -0.39 is 39.1 Å². The molecule has 0 radical (unpaired) electrons. The lowest BCUT2D eigenvalue weighted by Crippen LogP contribution is -2.70. The van der Waals surface area contributed by atoms with Crippen LogP contribution < -0.4 is 5.32 Å². The molecule has 0 saturated carbocycles. The number of carbonyl (C=O) groups is 3. The maximum Gasteiger partial charge on any atom is 0.356 e. The molecule has 0 bridgehead atoms. The van der Waals surface area contributed by atoms with Crippen molar-refractivity contribution in [2.45, 2.75) is 17.8 Å². The second-order valence-corrected chi connectivity index (χ2v) is 9.29. The van der Waals surface area contributed by atoms with Crippen molar-refractivity contribution in [3.63, 3.8) is 0 Å². The molecule has 1 fully saturated rings. The quantitative estimate of drug-likeness (QED) is 0.486. The van der Waals surface area contributed by atoms with E-state index in [-0.39, 0.29) is 23.8 Å². The summed E-state index contributed by atoms with van der Waals surface area (Å²) in [5.74, 6) is -2.78. The Labute approximate surface area is 157 Å². The van der Waals surface area contributed by atoms with Crippen LogP contribution in [-0.2, 0) is 35.1 Å². The van der Waals surface area contributed by atoms with E-state index in [1.54, 1.807) is 6.07 Å². The normalized spacial score (nSPS) is 22.5. The van der Waals surface area contributed by atoms with Gasteiger partial charge in [-0.1, -0.05) is 6.07 Å². The van der Waals surface area contributed by atoms with Crippen LogP contribution in [0, 0.1) is 0 Å². The maximum absolute atomic E-state index is 12.4. The van der Waals surface area contributed by atoms with Crippen molar-refractivity contribution >= 4 is 51.0 Å². The molecule has 12 heteroatoms. The van der Waals surface area contributed by atoms with Gasteiger partial charge in [-0.2, -0.15) is 8.42 Å². The summed E-state index contributed by atoms with van der Waals surface area (Å²) in [5.41, 5.74) is -0.507. The maximum atomic E-state index is 12.4. The number of thioether (sulfide) groups is 1. The Morgan fingerprint density at radius 2 is 2.19 bits per heavy atom. The minimum absolute atomic E-state index is 0.0412. The molecule has 2 N–H and O–H groups in total. The number of hydrogen-bond acceptors (Lipinski definition) is 8. The molecule has 1 unspecified atom stereocenters. The molecule has 0 aromatic carbocycles. The number of carboxylic acid groups (broad SMARTS) is 1. The Bertz CT molecular complexity index is 892. The Morgan fingerprint density at radius 3 is 2.77 bits per heavy atom. The lowest BCUT2D eigenvalue weighted by Gasteiger charge is -2.48. The molecule has 0 aliphatic carbocycles. The highest BCUT2D eigenvalue weighted by Gasteiger charge is 2.55. The molecule has 1 aromatic heterocycles. The molecule has 1 aromatic rings. The lowest BCUT2D eigenvalue weighted by atomic mass is 10.0. The minimum atomic E-state index is -3.93. The number of thiophene rings is 1. The fourth-order valence-corrected chi connectivity index (χ4v) is 5.17. The van der Waals surface area contributed by atoms with E-state index in [9.17, 15) is 27.9 Å². The molecule has 140 valence electrons. The molecular formula is C14H14N2O7S3. The molecule has 26 heavy (non-hydrogen) atoms. The number of β-lactam (4-membered cyclic amide) rings is 1. The number of fused-ring (bicyclic) bond motifs is 1. The average Bonchev–Trinajstić information content (AvgIpc) is 3.03. The summed E-state index contributed by atoms with van der Waals surface area (Å²) in [6.07, 6.45) is 0.921. The van der Waals surface area contributed by atoms with E-state index >= 15 is 0 Å². The number of hydrogen-bond donors (Lipinski definition) is 2. The molecule has 2 aliphatic rings. The van der Waals surface area contributed by atoms with E-state index in [0.717, 1.165) is 27.8 Å². The lowest BCUT2D eigenvalue weighted by molar-refractivity contribution is -0.151. The zero-order valence-electron chi connectivity index (χ0n) is 13.4. The van der Waals surface area contributed by atoms with Crippen LogP contribution in [0.25, 0.3) is 0 Å². The summed E-state index contributed by atoms with van der Waals surface area (Å²) in [6.45, 7) is 0. The van der Waals surface area contributed by atoms with Crippen LogP contribution in [0.2, 0.25) is 0 Å². The molecule has 1 saturated heterocycles. The summed E-state index contributed by atoms with van der Waals surface area (Å²) < 4.78 is 27.3. The number of nitrogens with zero attached hydrogens (tertiary/aromatic N) is 1. The van der Waals surface area contributed by atoms with Gasteiger partial charge in [0, 0.05) is 4.88 Å². The number of amides is 2. The van der Waals surface area contributed by atoms with Crippen LogP contribution in [-0.4, -0.2) is 59.6 Å². The highest BCUT2D eigenvalue weighted by molar-refractivity contribution is 8.00. The van der Waals surface area contributed by atoms with Gasteiger partial charge in [0.25, 0.3) is 5.91 Å². The highest BCUT2D eigenvalue weighted by Crippen LogP contribution is 2.40. The fourth-order valence-electron chi connectivity index (χ4n) is 2.63. The molecule has 9 nitrogen and oxygen atoms in total. The van der Waals surface area contributed by atoms with Gasteiger partial charge in [0.2, 0.25) is 5.91 Å². The smallest absolute Gasteiger partial charge is 0.356 e. The molecule has 3 rings (SSSR count). The first-order valence-electron chi connectivity index (χ1n) is 7.29. The van der Waals surface area contributed by atoms with Gasteiger partial charge in [-0.25, -0.2) is 4.79 Å². The first-order chi connectivity index (χ1) is 12.2. The third-order valence-electron chi connectivity index (χ3n) is 3.62. The first-order valence-corrected chi connectivity index (χ1v) is 11.0. The Morgan fingerprint density at radius 1 is 1.46 bits per heavy atom. The Hall–Kier alpha value is -2.05. The van der Waals surface area contributed by atoms with Crippen LogP contribution in [0.1, 0.15) is 4.88 Å². The van der Waals surface area contributed by atoms with Crippen LogP contribution in [0.3, 0.4) is 0 Å². The highest BCUT2D eigenvalue weighted by atomic mass is 32.2. The van der Waals surface area contributed by atoms with Gasteiger partial charge in [0.15, 0.2) is 11.5 Å². The van der Waals surface area contributed by atoms with E-state index in [1.807, 2.05) is 11.4 Å². The van der Waals surface area contributed by atoms with Crippen molar-refractivity contribution in [3.05, 3.63) is 33.8 Å². The molecule has 2 amide bonds. The van der Waals surface area contributed by atoms with Gasteiger partial charge in [-0.3, -0.25) is 14.5 Å². The summed E-state index contributed by atoms with van der Waals surface area (Å²) in [4.78, 5) is 37.7. The Kier molecular flexibility index (Phi) is 4.99. The second-order valence-electron chi connectivity index (χ2n) is 5.58. The molecule has 0 spiro atoms. The van der Waals surface area contributed by atoms with Crippen LogP contribution >= 0.6 is 23.1 Å². The van der Waals surface area contributed by atoms with Gasteiger partial charge in [0.05, 0.1) is 18.4 Å². The van der Waals surface area contributed by atoms with Gasteiger partial charge in [0.1, 0.15) is 11.4 Å². The third-order valence-corrected chi connectivity index (χ3v) is 6.25. The van der Waals surface area contributed by atoms with Crippen molar-refractivity contribution in [1.29, 1.82) is 0 Å². The van der Waals surface area contributed by atoms with Crippen molar-refractivity contribution in [2.24, 2.45) is 0 Å². The van der Waals surface area contributed by atoms with E-state index in [0.29, 0.717) is 0 Å². The predicted octanol–water partition coefficient (Wildman–Crippen LogP) is -0.0371. The number of rotatable bonds is 6. The monoisotopic (exact) mass is 418 g/mol. The third kappa shape index (κ3) is 3.71. The molecule has 2 atom stereocenters. The second kappa shape index (κ2) is 6.93. The topological polar surface area (TPSA) is 130 Å². The Balaban J connectivity index is 1.74. The fraction of sp³-hybridized carbons (Fsp3) is 0.357. The van der Waals surface area contributed by atoms with Crippen molar-refractivity contribution in [1.82, 2.24) is 10.2 Å². The van der Waals surface area contributed by atoms with E-state index in [4.69, 9.17) is 4.18 Å². The SMILES string of the molecule is CS(=O)(=O)OC1=C(C(=O)O)N2C(=O)C(NC(=O)Cc3cccs3)[C@H]2SC1. The summed E-state index contributed by atoms with van der Waals surface area (Å²) >= 11 is 2.54. The van der Waals surface area contributed by atoms with Crippen molar-refractivity contribution < 1.29 is 32.1 Å². The number of aliphatic carboxylic acids is 1. The van der Waals surface area contributed by atoms with E-state index in [1.165, 1.54) is 11.3 Å². The minimum Gasteiger partial charge on any atom is -0.476 e. The van der Waals surface area contributed by atoms with Crippen LogP contribution in [0.15, 0.2) is 29.0 Å². The zero-order chi connectivity index (χ0) is 19.1. The van der Waals surface area contributed by atoms with Crippen LogP contribution in [0.5, 0.6) is 0 Å².